The first-order valence-corrected chi connectivity index (χ1v) is 12.4. The van der Waals surface area contributed by atoms with Crippen LogP contribution < -0.4 is 0 Å². The maximum atomic E-state index is 12.8. The van der Waals surface area contributed by atoms with Crippen LogP contribution in [0.1, 0.15) is 66.2 Å². The minimum Gasteiger partial charge on any atom is -0.464 e. The summed E-state index contributed by atoms with van der Waals surface area (Å²) in [4.78, 5) is 53.1. The summed E-state index contributed by atoms with van der Waals surface area (Å²) in [6.07, 6.45) is 8.39. The predicted molar refractivity (Wildman–Crippen MR) is 125 cm³/mol. The number of amides is 1. The Balaban J connectivity index is 1.47. The Morgan fingerprint density at radius 1 is 1.03 bits per heavy atom. The zero-order chi connectivity index (χ0) is 24.2. The lowest BCUT2D eigenvalue weighted by Gasteiger charge is -2.41. The molecular formula is C26H40N2O5. The highest BCUT2D eigenvalue weighted by Gasteiger charge is 2.39. The number of ether oxygens (including phenoxy) is 1. The van der Waals surface area contributed by atoms with Crippen molar-refractivity contribution in [2.24, 2.45) is 23.2 Å². The Bertz CT molecular complexity index is 784. The molecule has 4 atom stereocenters. The molecule has 2 aliphatic carbocycles. The zero-order valence-electron chi connectivity index (χ0n) is 20.7. The first kappa shape index (κ1) is 25.6. The van der Waals surface area contributed by atoms with Crippen LogP contribution >= 0.6 is 0 Å². The second kappa shape index (κ2) is 10.9. The summed E-state index contributed by atoms with van der Waals surface area (Å²) in [6.45, 7) is 9.50. The van der Waals surface area contributed by atoms with Gasteiger partial charge < -0.3 is 9.64 Å². The highest BCUT2D eigenvalue weighted by Crippen LogP contribution is 2.44. The Kier molecular flexibility index (Phi) is 8.48. The van der Waals surface area contributed by atoms with Gasteiger partial charge in [-0.3, -0.25) is 24.1 Å². The van der Waals surface area contributed by atoms with Gasteiger partial charge in [0, 0.05) is 51.7 Å². The van der Waals surface area contributed by atoms with Crippen LogP contribution in [0.25, 0.3) is 0 Å². The van der Waals surface area contributed by atoms with Gasteiger partial charge in [-0.1, -0.05) is 32.9 Å². The Hall–Kier alpha value is -2.02. The number of hydrogen-bond donors (Lipinski definition) is 0. The first-order chi connectivity index (χ1) is 15.5. The molecule has 2 bridgehead atoms. The fraction of sp³-hybridized carbons (Fsp3) is 0.769. The van der Waals surface area contributed by atoms with Crippen molar-refractivity contribution in [3.8, 4) is 0 Å². The van der Waals surface area contributed by atoms with E-state index in [2.05, 4.69) is 12.2 Å². The van der Waals surface area contributed by atoms with Gasteiger partial charge in [-0.25, -0.2) is 0 Å². The van der Waals surface area contributed by atoms with Crippen molar-refractivity contribution in [2.45, 2.75) is 72.3 Å². The molecule has 0 spiro atoms. The monoisotopic (exact) mass is 460 g/mol. The Labute approximate surface area is 197 Å². The van der Waals surface area contributed by atoms with Crippen molar-refractivity contribution in [1.82, 2.24) is 9.80 Å². The van der Waals surface area contributed by atoms with Gasteiger partial charge >= 0.3 is 5.97 Å². The topological polar surface area (TPSA) is 84.0 Å². The minimum absolute atomic E-state index is 0.0316. The maximum absolute atomic E-state index is 12.8. The average molecular weight is 461 g/mol. The average Bonchev–Trinajstić information content (AvgIpc) is 3.35. The van der Waals surface area contributed by atoms with E-state index in [1.54, 1.807) is 4.90 Å². The highest BCUT2D eigenvalue weighted by molar-refractivity contribution is 5.83. The molecule has 7 nitrogen and oxygen atoms in total. The minimum atomic E-state index is -0.367. The van der Waals surface area contributed by atoms with E-state index in [1.165, 1.54) is 6.92 Å². The van der Waals surface area contributed by atoms with E-state index in [-0.39, 0.29) is 41.6 Å². The molecule has 0 aromatic carbocycles. The molecule has 1 aliphatic heterocycles. The van der Waals surface area contributed by atoms with Gasteiger partial charge in [0.25, 0.3) is 0 Å². The Morgan fingerprint density at radius 3 is 2.39 bits per heavy atom. The number of carbonyl (C=O) groups is 4. The van der Waals surface area contributed by atoms with Gasteiger partial charge in [0.2, 0.25) is 5.91 Å². The fourth-order valence-electron chi connectivity index (χ4n) is 5.48. The van der Waals surface area contributed by atoms with Gasteiger partial charge in [0.1, 0.15) is 18.2 Å². The van der Waals surface area contributed by atoms with Crippen LogP contribution in [0, 0.1) is 23.2 Å². The summed E-state index contributed by atoms with van der Waals surface area (Å²) in [7, 11) is 0. The number of allylic oxidation sites excluding steroid dienone is 2. The summed E-state index contributed by atoms with van der Waals surface area (Å²) in [5.74, 6) is 1.26. The Morgan fingerprint density at radius 2 is 1.79 bits per heavy atom. The third kappa shape index (κ3) is 7.49. The molecule has 3 rings (SSSR count). The van der Waals surface area contributed by atoms with E-state index < -0.39 is 0 Å². The number of esters is 1. The third-order valence-electron chi connectivity index (χ3n) is 7.05. The molecule has 2 fully saturated rings. The predicted octanol–water partition coefficient (Wildman–Crippen LogP) is 3.02. The van der Waals surface area contributed by atoms with Crippen LogP contribution in [-0.2, 0) is 23.9 Å². The molecule has 33 heavy (non-hydrogen) atoms. The van der Waals surface area contributed by atoms with Crippen LogP contribution in [0.4, 0.5) is 0 Å². The number of carbonyl (C=O) groups excluding carboxylic acids is 4. The number of ketones is 2. The van der Waals surface area contributed by atoms with E-state index in [9.17, 15) is 19.2 Å². The number of Topliss-reactive ketones (excluding diaryl/α,β-unsaturated/α-hetero) is 2. The lowest BCUT2D eigenvalue weighted by molar-refractivity contribution is -0.145. The molecule has 3 aliphatic rings. The summed E-state index contributed by atoms with van der Waals surface area (Å²) >= 11 is 0. The van der Waals surface area contributed by atoms with E-state index in [0.717, 1.165) is 12.8 Å². The summed E-state index contributed by atoms with van der Waals surface area (Å²) in [6, 6.07) is -0.196. The maximum Gasteiger partial charge on any atom is 0.302 e. The van der Waals surface area contributed by atoms with Crippen LogP contribution in [0.15, 0.2) is 12.2 Å². The van der Waals surface area contributed by atoms with Crippen LogP contribution in [-0.4, -0.2) is 72.1 Å². The number of fused-ring (bicyclic) bond motifs is 2. The molecule has 7 heteroatoms. The van der Waals surface area contributed by atoms with Crippen molar-refractivity contribution in [3.63, 3.8) is 0 Å². The second-order valence-electron chi connectivity index (χ2n) is 11.2. The van der Waals surface area contributed by atoms with Crippen molar-refractivity contribution in [3.05, 3.63) is 12.2 Å². The smallest absolute Gasteiger partial charge is 0.302 e. The van der Waals surface area contributed by atoms with Gasteiger partial charge in [0.05, 0.1) is 12.6 Å². The summed E-state index contributed by atoms with van der Waals surface area (Å²) < 4.78 is 5.24. The lowest BCUT2D eigenvalue weighted by Crippen LogP contribution is -2.57. The SMILES string of the molecule is CC(=O)OCC1CN(C(=O)CCCC(=O)C2CC3C=CC2C3)CCN1CC(=O)CC(C)(C)C. The van der Waals surface area contributed by atoms with Gasteiger partial charge in [-0.15, -0.1) is 0 Å². The van der Waals surface area contributed by atoms with Crippen molar-refractivity contribution in [2.75, 3.05) is 32.8 Å². The molecule has 184 valence electrons. The first-order valence-electron chi connectivity index (χ1n) is 12.4. The number of piperazine rings is 1. The van der Waals surface area contributed by atoms with Crippen molar-refractivity contribution in [1.29, 1.82) is 0 Å². The third-order valence-corrected chi connectivity index (χ3v) is 7.05. The highest BCUT2D eigenvalue weighted by atomic mass is 16.5. The van der Waals surface area contributed by atoms with Crippen LogP contribution in [0.3, 0.4) is 0 Å². The van der Waals surface area contributed by atoms with Crippen LogP contribution in [0.2, 0.25) is 0 Å². The van der Waals surface area contributed by atoms with Crippen molar-refractivity contribution < 1.29 is 23.9 Å². The van der Waals surface area contributed by atoms with Crippen LogP contribution in [0.5, 0.6) is 0 Å². The molecule has 1 saturated carbocycles. The molecule has 0 N–H and O–H groups in total. The molecule has 4 unspecified atom stereocenters. The molecule has 0 radical (unpaired) electrons. The van der Waals surface area contributed by atoms with E-state index in [4.69, 9.17) is 4.74 Å². The largest absolute Gasteiger partial charge is 0.464 e. The molecule has 0 aromatic rings. The molecule has 1 saturated heterocycles. The van der Waals surface area contributed by atoms with Gasteiger partial charge in [0.15, 0.2) is 0 Å². The molecule has 1 heterocycles. The molecular weight excluding hydrogens is 420 g/mol. The van der Waals surface area contributed by atoms with Gasteiger partial charge in [-0.2, -0.15) is 0 Å². The second-order valence-corrected chi connectivity index (χ2v) is 11.2. The van der Waals surface area contributed by atoms with E-state index >= 15 is 0 Å². The summed E-state index contributed by atoms with van der Waals surface area (Å²) in [5.41, 5.74) is -0.0774. The summed E-state index contributed by atoms with van der Waals surface area (Å²) in [5, 5.41) is 0. The van der Waals surface area contributed by atoms with Gasteiger partial charge in [-0.05, 0) is 36.5 Å². The number of nitrogens with zero attached hydrogens (tertiary/aromatic N) is 2. The molecule has 1 amide bonds. The lowest BCUT2D eigenvalue weighted by atomic mass is 9.87. The quantitative estimate of drug-likeness (QED) is 0.368. The van der Waals surface area contributed by atoms with Crippen molar-refractivity contribution >= 4 is 23.4 Å². The normalized spacial score (nSPS) is 27.1. The zero-order valence-corrected chi connectivity index (χ0v) is 20.7. The number of rotatable bonds is 10. The van der Waals surface area contributed by atoms with E-state index in [0.29, 0.717) is 69.5 Å². The standard InChI is InChI=1S/C26H40N2O5/c1-18(29)33-17-21-15-28(11-10-27(21)16-22(30)14-26(2,3)4)25(32)7-5-6-24(31)23-13-19-8-9-20(23)12-19/h8-9,19-21,23H,5-7,10-17H2,1-4H3. The van der Waals surface area contributed by atoms with E-state index in [1.807, 2.05) is 25.7 Å². The fourth-order valence-corrected chi connectivity index (χ4v) is 5.48. The molecule has 0 aromatic heterocycles. The number of hydrogen-bond acceptors (Lipinski definition) is 6.